The molecule has 1 aliphatic rings. The topological polar surface area (TPSA) is 47.8 Å². The van der Waals surface area contributed by atoms with E-state index in [9.17, 15) is 4.79 Å². The lowest BCUT2D eigenvalue weighted by Gasteiger charge is -2.05. The summed E-state index contributed by atoms with van der Waals surface area (Å²) in [5, 5.41) is 8.63. The average Bonchev–Trinajstić information content (AvgIpc) is 3.10. The van der Waals surface area contributed by atoms with Gasteiger partial charge in [-0.05, 0) is 37.1 Å². The minimum Gasteiger partial charge on any atom is -0.296 e. The number of hydrogen-bond donors (Lipinski definition) is 0. The monoisotopic (exact) mass is 247 g/mol. The minimum absolute atomic E-state index is 0.417. The van der Waals surface area contributed by atoms with Gasteiger partial charge in [0.25, 0.3) is 0 Å². The predicted octanol–water partition coefficient (Wildman–Crippen LogP) is 2.61. The second kappa shape index (κ2) is 3.96. The normalized spacial score (nSPS) is 14.9. The number of rotatable bonds is 3. The number of halogens is 1. The van der Waals surface area contributed by atoms with Crippen LogP contribution in [0.3, 0.4) is 0 Å². The van der Waals surface area contributed by atoms with Crippen LogP contribution in [0, 0.1) is 0 Å². The van der Waals surface area contributed by atoms with Gasteiger partial charge in [-0.25, -0.2) is 4.68 Å². The molecule has 0 amide bonds. The van der Waals surface area contributed by atoms with Gasteiger partial charge < -0.3 is 0 Å². The lowest BCUT2D eigenvalue weighted by Crippen LogP contribution is -2.02. The fourth-order valence-electron chi connectivity index (χ4n) is 1.90. The van der Waals surface area contributed by atoms with Crippen molar-refractivity contribution < 1.29 is 4.79 Å². The highest BCUT2D eigenvalue weighted by Gasteiger charge is 2.31. The molecule has 0 N–H and O–H groups in total. The molecule has 17 heavy (non-hydrogen) atoms. The number of aldehydes is 1. The molecule has 2 aromatic rings. The number of hydrogen-bond acceptors (Lipinski definition) is 3. The maximum atomic E-state index is 10.9. The van der Waals surface area contributed by atoms with Crippen molar-refractivity contribution in [1.82, 2.24) is 15.0 Å². The van der Waals surface area contributed by atoms with E-state index in [1.807, 2.05) is 12.1 Å². The molecule has 0 aliphatic heterocycles. The van der Waals surface area contributed by atoms with E-state index in [0.717, 1.165) is 30.5 Å². The van der Waals surface area contributed by atoms with E-state index in [-0.39, 0.29) is 0 Å². The molecule has 5 heteroatoms. The summed E-state index contributed by atoms with van der Waals surface area (Å²) in [6, 6.07) is 7.35. The highest BCUT2D eigenvalue weighted by Crippen LogP contribution is 2.41. The summed E-state index contributed by atoms with van der Waals surface area (Å²) >= 11 is 5.84. The van der Waals surface area contributed by atoms with Crippen LogP contribution >= 0.6 is 11.6 Å². The molecule has 1 heterocycles. The van der Waals surface area contributed by atoms with Gasteiger partial charge in [-0.3, -0.25) is 4.79 Å². The van der Waals surface area contributed by atoms with Crippen LogP contribution in [0.2, 0.25) is 5.02 Å². The Bertz CT molecular complexity index is 558. The second-order valence-electron chi connectivity index (χ2n) is 4.14. The van der Waals surface area contributed by atoms with Crippen molar-refractivity contribution in [2.75, 3.05) is 0 Å². The molecule has 0 atom stereocenters. The third-order valence-electron chi connectivity index (χ3n) is 2.88. The summed E-state index contributed by atoms with van der Waals surface area (Å²) in [6.45, 7) is 0. The molecule has 1 aromatic carbocycles. The number of benzene rings is 1. The third kappa shape index (κ3) is 1.85. The molecule has 1 aliphatic carbocycles. The zero-order valence-corrected chi connectivity index (χ0v) is 9.76. The first kappa shape index (κ1) is 10.5. The Morgan fingerprint density at radius 2 is 2.00 bits per heavy atom. The number of carbonyl (C=O) groups excluding carboxylic acids is 1. The van der Waals surface area contributed by atoms with Crippen LogP contribution in [0.5, 0.6) is 0 Å². The first-order chi connectivity index (χ1) is 8.29. The van der Waals surface area contributed by atoms with Crippen molar-refractivity contribution in [1.29, 1.82) is 0 Å². The highest BCUT2D eigenvalue weighted by molar-refractivity contribution is 6.30. The fourth-order valence-corrected chi connectivity index (χ4v) is 2.02. The van der Waals surface area contributed by atoms with Crippen LogP contribution in [-0.4, -0.2) is 21.3 Å². The Labute approximate surface area is 103 Å². The van der Waals surface area contributed by atoms with E-state index in [1.165, 1.54) is 0 Å². The summed E-state index contributed by atoms with van der Waals surface area (Å²) < 4.78 is 1.73. The summed E-state index contributed by atoms with van der Waals surface area (Å²) in [5.74, 6) is 0.417. The van der Waals surface area contributed by atoms with Crippen molar-refractivity contribution >= 4 is 17.9 Å². The molecule has 4 nitrogen and oxygen atoms in total. The molecule has 86 valence electrons. The van der Waals surface area contributed by atoms with Crippen molar-refractivity contribution in [2.24, 2.45) is 0 Å². The van der Waals surface area contributed by atoms with Crippen LogP contribution in [0.1, 0.15) is 34.9 Å². The SMILES string of the molecule is O=Cc1nnn(-c2ccc(Cl)cc2)c1C1CC1. The zero-order valence-electron chi connectivity index (χ0n) is 9.01. The van der Waals surface area contributed by atoms with Gasteiger partial charge in [0.2, 0.25) is 0 Å². The van der Waals surface area contributed by atoms with Crippen LogP contribution in [0.15, 0.2) is 24.3 Å². The van der Waals surface area contributed by atoms with E-state index < -0.39 is 0 Å². The second-order valence-corrected chi connectivity index (χ2v) is 4.58. The van der Waals surface area contributed by atoms with Crippen molar-refractivity contribution in [3.63, 3.8) is 0 Å². The Morgan fingerprint density at radius 1 is 1.29 bits per heavy atom. The third-order valence-corrected chi connectivity index (χ3v) is 3.13. The number of carbonyl (C=O) groups is 1. The van der Waals surface area contributed by atoms with Gasteiger partial charge in [0.05, 0.1) is 11.4 Å². The minimum atomic E-state index is 0.417. The Morgan fingerprint density at radius 3 is 2.59 bits per heavy atom. The molecule has 1 saturated carbocycles. The average molecular weight is 248 g/mol. The Balaban J connectivity index is 2.10. The van der Waals surface area contributed by atoms with Gasteiger partial charge in [-0.2, -0.15) is 0 Å². The van der Waals surface area contributed by atoms with E-state index in [1.54, 1.807) is 16.8 Å². The first-order valence-corrected chi connectivity index (χ1v) is 5.84. The predicted molar refractivity (Wildman–Crippen MR) is 63.7 cm³/mol. The molecule has 0 spiro atoms. The molecule has 1 fully saturated rings. The molecular formula is C12H10ClN3O. The van der Waals surface area contributed by atoms with E-state index in [0.29, 0.717) is 16.6 Å². The highest BCUT2D eigenvalue weighted by atomic mass is 35.5. The van der Waals surface area contributed by atoms with Crippen LogP contribution < -0.4 is 0 Å². The van der Waals surface area contributed by atoms with Crippen molar-refractivity contribution in [3.05, 3.63) is 40.7 Å². The number of aromatic nitrogens is 3. The molecule has 0 bridgehead atoms. The summed E-state index contributed by atoms with van der Waals surface area (Å²) in [7, 11) is 0. The van der Waals surface area contributed by atoms with Crippen LogP contribution in [0.4, 0.5) is 0 Å². The molecule has 0 radical (unpaired) electrons. The first-order valence-electron chi connectivity index (χ1n) is 5.46. The van der Waals surface area contributed by atoms with Gasteiger partial charge >= 0.3 is 0 Å². The van der Waals surface area contributed by atoms with E-state index >= 15 is 0 Å². The lowest BCUT2D eigenvalue weighted by atomic mass is 10.2. The van der Waals surface area contributed by atoms with Crippen LogP contribution in [-0.2, 0) is 0 Å². The summed E-state index contributed by atoms with van der Waals surface area (Å²) in [4.78, 5) is 10.9. The number of nitrogens with zero attached hydrogens (tertiary/aromatic N) is 3. The van der Waals surface area contributed by atoms with Gasteiger partial charge in [-0.15, -0.1) is 5.10 Å². The van der Waals surface area contributed by atoms with Gasteiger partial charge in [0.1, 0.15) is 5.69 Å². The quantitative estimate of drug-likeness (QED) is 0.784. The van der Waals surface area contributed by atoms with Crippen LogP contribution in [0.25, 0.3) is 5.69 Å². The fraction of sp³-hybridized carbons (Fsp3) is 0.250. The standard InChI is InChI=1S/C12H10ClN3O/c13-9-3-5-10(6-4-9)16-12(8-1-2-8)11(7-17)14-15-16/h3-8H,1-2H2. The van der Waals surface area contributed by atoms with Gasteiger partial charge in [0.15, 0.2) is 6.29 Å². The largest absolute Gasteiger partial charge is 0.296 e. The molecular weight excluding hydrogens is 238 g/mol. The molecule has 0 unspecified atom stereocenters. The molecule has 1 aromatic heterocycles. The maximum Gasteiger partial charge on any atom is 0.172 e. The van der Waals surface area contributed by atoms with E-state index in [2.05, 4.69) is 10.3 Å². The molecule has 0 saturated heterocycles. The maximum absolute atomic E-state index is 10.9. The van der Waals surface area contributed by atoms with Gasteiger partial charge in [-0.1, -0.05) is 16.8 Å². The summed E-state index contributed by atoms with van der Waals surface area (Å²) in [5.41, 5.74) is 2.25. The molecule has 3 rings (SSSR count). The Kier molecular flexibility index (Phi) is 2.44. The smallest absolute Gasteiger partial charge is 0.172 e. The Hall–Kier alpha value is -1.68. The zero-order chi connectivity index (χ0) is 11.8. The lowest BCUT2D eigenvalue weighted by molar-refractivity contribution is 0.111. The van der Waals surface area contributed by atoms with E-state index in [4.69, 9.17) is 11.6 Å². The van der Waals surface area contributed by atoms with Crippen molar-refractivity contribution in [3.8, 4) is 5.69 Å². The van der Waals surface area contributed by atoms with Gasteiger partial charge in [0, 0.05) is 10.9 Å². The summed E-state index contributed by atoms with van der Waals surface area (Å²) in [6.07, 6.45) is 2.97. The van der Waals surface area contributed by atoms with Crippen molar-refractivity contribution in [2.45, 2.75) is 18.8 Å².